The first-order valence-corrected chi connectivity index (χ1v) is 14.6. The van der Waals surface area contributed by atoms with Crippen molar-refractivity contribution < 1.29 is 35.8 Å². The Labute approximate surface area is 248 Å². The van der Waals surface area contributed by atoms with E-state index < -0.39 is 63.7 Å². The highest BCUT2D eigenvalue weighted by molar-refractivity contribution is 5.97. The second-order valence-electron chi connectivity index (χ2n) is 12.1. The number of nitrogens with one attached hydrogen (secondary N) is 1. The van der Waals surface area contributed by atoms with Crippen LogP contribution in [0.4, 0.5) is 37.8 Å². The number of anilines is 2. The maximum absolute atomic E-state index is 16.6. The van der Waals surface area contributed by atoms with Crippen molar-refractivity contribution in [2.45, 2.75) is 63.1 Å². The lowest BCUT2D eigenvalue weighted by atomic mass is 9.95. The number of nitrogens with zero attached hydrogens (tertiary/aromatic N) is 5. The van der Waals surface area contributed by atoms with Gasteiger partial charge in [-0.25, -0.2) is 18.2 Å². The first-order chi connectivity index (χ1) is 20.9. The van der Waals surface area contributed by atoms with Crippen LogP contribution in [0.15, 0.2) is 6.07 Å². The Morgan fingerprint density at radius 1 is 1.18 bits per heavy atom. The van der Waals surface area contributed by atoms with Gasteiger partial charge in [-0.05, 0) is 44.9 Å². The van der Waals surface area contributed by atoms with Gasteiger partial charge in [0.25, 0.3) is 0 Å². The van der Waals surface area contributed by atoms with Crippen molar-refractivity contribution in [3.63, 3.8) is 0 Å². The van der Waals surface area contributed by atoms with E-state index in [1.807, 2.05) is 4.90 Å². The summed E-state index contributed by atoms with van der Waals surface area (Å²) in [7, 11) is 0. The first kappa shape index (κ1) is 29.1. The lowest BCUT2D eigenvalue weighted by Crippen LogP contribution is -2.56. The van der Waals surface area contributed by atoms with Gasteiger partial charge in [0.15, 0.2) is 5.82 Å². The summed E-state index contributed by atoms with van der Waals surface area (Å²) in [5.41, 5.74) is 0.557. The Hall–Kier alpha value is -3.59. The third-order valence-electron chi connectivity index (χ3n) is 9.40. The number of aromatic nitrogens is 3. The molecule has 3 aromatic rings. The van der Waals surface area contributed by atoms with Gasteiger partial charge in [0, 0.05) is 38.2 Å². The molecular weight excluding hydrogens is 592 g/mol. The molecule has 9 nitrogen and oxygen atoms in total. The summed E-state index contributed by atoms with van der Waals surface area (Å²) in [6.07, 6.45) is -4.70. The minimum absolute atomic E-state index is 0.0641. The molecule has 44 heavy (non-hydrogen) atoms. The summed E-state index contributed by atoms with van der Waals surface area (Å²) in [4.78, 5) is 17.2. The van der Waals surface area contributed by atoms with Crippen molar-refractivity contribution in [3.8, 4) is 23.1 Å². The number of alkyl halides is 4. The highest BCUT2D eigenvalue weighted by Gasteiger charge is 2.49. The third kappa shape index (κ3) is 4.49. The Bertz CT molecular complexity index is 1660. The minimum Gasteiger partial charge on any atom is -0.472 e. The van der Waals surface area contributed by atoms with Gasteiger partial charge in [0.2, 0.25) is 5.88 Å². The van der Waals surface area contributed by atoms with Crippen LogP contribution in [0, 0.1) is 18.6 Å². The topological polar surface area (TPSA) is 102 Å². The van der Waals surface area contributed by atoms with Crippen LogP contribution in [0.25, 0.3) is 22.2 Å². The molecule has 4 atom stereocenters. The van der Waals surface area contributed by atoms with Gasteiger partial charge in [-0.1, -0.05) is 0 Å². The number of pyridine rings is 1. The molecule has 15 heteroatoms. The average Bonchev–Trinajstić information content (AvgIpc) is 3.46. The molecule has 0 bridgehead atoms. The molecule has 0 aliphatic carbocycles. The molecule has 0 amide bonds. The number of halogens is 6. The molecule has 3 N–H and O–H groups in total. The molecule has 0 unspecified atom stereocenters. The van der Waals surface area contributed by atoms with E-state index in [0.717, 1.165) is 32.4 Å². The fourth-order valence-corrected chi connectivity index (χ4v) is 7.32. The van der Waals surface area contributed by atoms with Gasteiger partial charge in [0.05, 0.1) is 22.8 Å². The summed E-state index contributed by atoms with van der Waals surface area (Å²) in [5, 5.41) is 3.37. The van der Waals surface area contributed by atoms with Crippen molar-refractivity contribution in [2.75, 3.05) is 50.0 Å². The maximum Gasteiger partial charge on any atom is 0.417 e. The average molecular weight is 624 g/mol. The fourth-order valence-electron chi connectivity index (χ4n) is 7.32. The first-order valence-electron chi connectivity index (χ1n) is 14.6. The third-order valence-corrected chi connectivity index (χ3v) is 9.40. The number of rotatable bonds is 4. The van der Waals surface area contributed by atoms with Crippen molar-refractivity contribution in [2.24, 2.45) is 0 Å². The summed E-state index contributed by atoms with van der Waals surface area (Å²) in [6.45, 7) is 5.37. The van der Waals surface area contributed by atoms with Crippen LogP contribution in [0.3, 0.4) is 0 Å². The predicted octanol–water partition coefficient (Wildman–Crippen LogP) is 4.39. The summed E-state index contributed by atoms with van der Waals surface area (Å²) >= 11 is 0. The van der Waals surface area contributed by atoms with Crippen molar-refractivity contribution in [3.05, 3.63) is 28.8 Å². The van der Waals surface area contributed by atoms with Gasteiger partial charge in [-0.2, -0.15) is 23.1 Å². The zero-order valence-corrected chi connectivity index (χ0v) is 24.1. The monoisotopic (exact) mass is 623 g/mol. The van der Waals surface area contributed by atoms with E-state index in [0.29, 0.717) is 26.2 Å². The van der Waals surface area contributed by atoms with Crippen LogP contribution >= 0.6 is 0 Å². The Kier molecular flexibility index (Phi) is 6.77. The van der Waals surface area contributed by atoms with Crippen LogP contribution in [-0.2, 0) is 6.18 Å². The molecule has 7 rings (SSSR count). The van der Waals surface area contributed by atoms with Gasteiger partial charge < -0.3 is 25.4 Å². The van der Waals surface area contributed by atoms with E-state index in [-0.39, 0.29) is 47.7 Å². The van der Waals surface area contributed by atoms with Gasteiger partial charge in [0.1, 0.15) is 47.1 Å². The number of piperazine rings is 1. The van der Waals surface area contributed by atoms with E-state index in [9.17, 15) is 22.0 Å². The van der Waals surface area contributed by atoms with Crippen LogP contribution < -0.4 is 25.4 Å². The van der Waals surface area contributed by atoms with E-state index in [2.05, 4.69) is 25.2 Å². The minimum atomic E-state index is -5.06. The van der Waals surface area contributed by atoms with Gasteiger partial charge in [-0.15, -0.1) is 0 Å². The molecule has 1 aromatic carbocycles. The molecule has 6 heterocycles. The second-order valence-corrected chi connectivity index (χ2v) is 12.1. The quantitative estimate of drug-likeness (QED) is 0.324. The molecule has 0 saturated carbocycles. The predicted molar refractivity (Wildman–Crippen MR) is 149 cm³/mol. The van der Waals surface area contributed by atoms with Crippen LogP contribution in [0.2, 0.25) is 0 Å². The van der Waals surface area contributed by atoms with E-state index >= 15 is 4.39 Å². The molecule has 4 aliphatic heterocycles. The smallest absolute Gasteiger partial charge is 0.417 e. The lowest BCUT2D eigenvalue weighted by molar-refractivity contribution is -0.137. The molecule has 0 radical (unpaired) electrons. The summed E-state index contributed by atoms with van der Waals surface area (Å²) < 4.78 is 101. The molecule has 0 spiro atoms. The number of hydrogen-bond acceptors (Lipinski definition) is 9. The number of fused-ring (bicyclic) bond motifs is 3. The van der Waals surface area contributed by atoms with Crippen LogP contribution in [0.5, 0.6) is 11.9 Å². The highest BCUT2D eigenvalue weighted by atomic mass is 19.4. The highest BCUT2D eigenvalue weighted by Crippen LogP contribution is 2.46. The Balaban J connectivity index is 1.43. The fraction of sp³-hybridized carbons (Fsp3) is 0.552. The normalized spacial score (nSPS) is 26.8. The largest absolute Gasteiger partial charge is 0.472 e. The zero-order chi connectivity index (χ0) is 31.1. The number of nitrogen functional groups attached to an aromatic ring is 1. The zero-order valence-electron chi connectivity index (χ0n) is 24.1. The molecule has 3 fully saturated rings. The van der Waals surface area contributed by atoms with Crippen LogP contribution in [0.1, 0.15) is 37.3 Å². The Morgan fingerprint density at radius 3 is 2.75 bits per heavy atom. The van der Waals surface area contributed by atoms with Crippen molar-refractivity contribution in [1.82, 2.24) is 25.2 Å². The van der Waals surface area contributed by atoms with Gasteiger partial charge >= 0.3 is 12.2 Å². The van der Waals surface area contributed by atoms with Crippen LogP contribution in [-0.4, -0.2) is 83.0 Å². The maximum atomic E-state index is 16.6. The lowest BCUT2D eigenvalue weighted by Gasteiger charge is -2.38. The number of nitrogens with two attached hydrogens (primary N) is 1. The number of ether oxygens (including phenoxy) is 2. The summed E-state index contributed by atoms with van der Waals surface area (Å²) in [5.74, 6) is -2.33. The van der Waals surface area contributed by atoms with Crippen molar-refractivity contribution >= 4 is 22.4 Å². The summed E-state index contributed by atoms with van der Waals surface area (Å²) in [6, 6.07) is 0.245. The van der Waals surface area contributed by atoms with E-state index in [1.165, 1.54) is 0 Å². The van der Waals surface area contributed by atoms with E-state index in [1.54, 1.807) is 6.92 Å². The van der Waals surface area contributed by atoms with E-state index in [4.69, 9.17) is 15.2 Å². The molecule has 3 saturated heterocycles. The Morgan fingerprint density at radius 2 is 1.98 bits per heavy atom. The van der Waals surface area contributed by atoms with Crippen molar-refractivity contribution in [1.29, 1.82) is 0 Å². The molecular formula is C29H31F6N7O2. The standard InChI is InChI=1S/C29H31F6N7O2/c1-13-20(29(33,34)35)16(8-17(36)21(13)31)23-22(32)24-19-25(42-7-5-37-10-18(42)14(2)44-26(19)38-23)40-27(39-24)43-12-28-4-3-6-41(28)11-15(30)9-28/h8,14-15,18,37H,3-7,9-12,36H2,1-2H3/t14-,15+,18-,28-/m0/s1. The second kappa shape index (κ2) is 10.2. The van der Waals surface area contributed by atoms with Gasteiger partial charge in [-0.3, -0.25) is 4.90 Å². The molecule has 236 valence electrons. The molecule has 2 aromatic heterocycles. The number of benzene rings is 1. The molecule has 4 aliphatic rings. The number of hydrogen-bond donors (Lipinski definition) is 2. The SMILES string of the molecule is Cc1c(F)c(N)cc(-c2nc3c4c(nc(OC[C@@]56CCCN5C[C@H](F)C6)nc4c2F)N2CCNC[C@H]2[C@H](C)O3)c1C(F)(F)F.